The van der Waals surface area contributed by atoms with Gasteiger partial charge in [-0.3, -0.25) is 4.79 Å². The molecule has 0 bridgehead atoms. The molecule has 0 aliphatic carbocycles. The number of hydrogen-bond donors (Lipinski definition) is 2. The van der Waals surface area contributed by atoms with Gasteiger partial charge in [0, 0.05) is 18.3 Å². The molecular weight excluding hydrogens is 238 g/mol. The molecular formula is C15H23N3O. The lowest BCUT2D eigenvalue weighted by molar-refractivity contribution is -0.122. The molecule has 1 aromatic rings. The number of para-hydroxylation sites is 1. The number of rotatable bonds is 4. The summed E-state index contributed by atoms with van der Waals surface area (Å²) in [6.45, 7) is 2.89. The highest BCUT2D eigenvalue weighted by molar-refractivity contribution is 5.85. The molecule has 1 amide bonds. The van der Waals surface area contributed by atoms with Crippen molar-refractivity contribution in [3.8, 4) is 0 Å². The van der Waals surface area contributed by atoms with Crippen LogP contribution >= 0.6 is 0 Å². The van der Waals surface area contributed by atoms with Crippen molar-refractivity contribution in [2.75, 3.05) is 26.0 Å². The maximum atomic E-state index is 12.2. The SMILES string of the molecule is CC(CN(C)C)NC(=O)C1CCc2ccccc2N1. The van der Waals surface area contributed by atoms with Gasteiger partial charge < -0.3 is 15.5 Å². The van der Waals surface area contributed by atoms with Crippen molar-refractivity contribution >= 4 is 11.6 Å². The number of hydrogen-bond acceptors (Lipinski definition) is 3. The van der Waals surface area contributed by atoms with Crippen molar-refractivity contribution in [1.29, 1.82) is 0 Å². The fraction of sp³-hybridized carbons (Fsp3) is 0.533. The van der Waals surface area contributed by atoms with Crippen LogP contribution in [-0.4, -0.2) is 43.5 Å². The fourth-order valence-corrected chi connectivity index (χ4v) is 2.57. The third-order valence-corrected chi connectivity index (χ3v) is 3.39. The van der Waals surface area contributed by atoms with Crippen LogP contribution < -0.4 is 10.6 Å². The zero-order valence-corrected chi connectivity index (χ0v) is 11.9. The molecule has 1 aliphatic heterocycles. The monoisotopic (exact) mass is 261 g/mol. The third kappa shape index (κ3) is 3.70. The smallest absolute Gasteiger partial charge is 0.242 e. The van der Waals surface area contributed by atoms with E-state index in [4.69, 9.17) is 0 Å². The molecule has 2 unspecified atom stereocenters. The Morgan fingerprint density at radius 2 is 2.21 bits per heavy atom. The standard InChI is InChI=1S/C15H23N3O/c1-11(10-18(2)3)16-15(19)14-9-8-12-6-4-5-7-13(12)17-14/h4-7,11,14,17H,8-10H2,1-3H3,(H,16,19). The number of aryl methyl sites for hydroxylation is 1. The van der Waals surface area contributed by atoms with Gasteiger partial charge in [0.1, 0.15) is 6.04 Å². The lowest BCUT2D eigenvalue weighted by atomic mass is 9.97. The maximum absolute atomic E-state index is 12.2. The summed E-state index contributed by atoms with van der Waals surface area (Å²) in [5, 5.41) is 6.40. The van der Waals surface area contributed by atoms with Gasteiger partial charge in [0.05, 0.1) is 0 Å². The quantitative estimate of drug-likeness (QED) is 0.863. The predicted molar refractivity (Wildman–Crippen MR) is 78.3 cm³/mol. The second kappa shape index (κ2) is 6.06. The van der Waals surface area contributed by atoms with Gasteiger partial charge in [0.25, 0.3) is 0 Å². The summed E-state index contributed by atoms with van der Waals surface area (Å²) in [4.78, 5) is 14.3. The molecule has 0 aromatic heterocycles. The van der Waals surface area contributed by atoms with E-state index in [2.05, 4.69) is 21.6 Å². The molecule has 0 saturated carbocycles. The number of fused-ring (bicyclic) bond motifs is 1. The first kappa shape index (κ1) is 13.9. The minimum absolute atomic E-state index is 0.101. The van der Waals surface area contributed by atoms with Crippen LogP contribution in [0, 0.1) is 0 Å². The number of anilines is 1. The van der Waals surface area contributed by atoms with Crippen molar-refractivity contribution in [2.45, 2.75) is 31.8 Å². The number of carbonyl (C=O) groups excluding carboxylic acids is 1. The molecule has 2 N–H and O–H groups in total. The summed E-state index contributed by atoms with van der Waals surface area (Å²) in [7, 11) is 4.02. The van der Waals surface area contributed by atoms with E-state index in [0.29, 0.717) is 0 Å². The minimum Gasteiger partial charge on any atom is -0.373 e. The van der Waals surface area contributed by atoms with E-state index in [0.717, 1.165) is 25.1 Å². The summed E-state index contributed by atoms with van der Waals surface area (Å²) in [5.74, 6) is 0.101. The van der Waals surface area contributed by atoms with Crippen LogP contribution in [0.5, 0.6) is 0 Å². The molecule has 104 valence electrons. The molecule has 0 radical (unpaired) electrons. The largest absolute Gasteiger partial charge is 0.373 e. The zero-order chi connectivity index (χ0) is 13.8. The van der Waals surface area contributed by atoms with Crippen LogP contribution in [0.2, 0.25) is 0 Å². The van der Waals surface area contributed by atoms with Crippen LogP contribution in [0.3, 0.4) is 0 Å². The van der Waals surface area contributed by atoms with Crippen LogP contribution in [0.1, 0.15) is 18.9 Å². The van der Waals surface area contributed by atoms with E-state index >= 15 is 0 Å². The summed E-state index contributed by atoms with van der Waals surface area (Å²) in [6, 6.07) is 8.25. The molecule has 0 saturated heterocycles. The highest BCUT2D eigenvalue weighted by Crippen LogP contribution is 2.24. The molecule has 1 aliphatic rings. The molecule has 2 rings (SSSR count). The first-order chi connectivity index (χ1) is 9.06. The second-order valence-corrected chi connectivity index (χ2v) is 5.56. The Morgan fingerprint density at radius 1 is 1.47 bits per heavy atom. The molecule has 0 spiro atoms. The van der Waals surface area contributed by atoms with Gasteiger partial charge >= 0.3 is 0 Å². The minimum atomic E-state index is -0.112. The average molecular weight is 261 g/mol. The van der Waals surface area contributed by atoms with E-state index in [9.17, 15) is 4.79 Å². The lowest BCUT2D eigenvalue weighted by Crippen LogP contribution is -2.47. The maximum Gasteiger partial charge on any atom is 0.242 e. The van der Waals surface area contributed by atoms with Gasteiger partial charge in [0.15, 0.2) is 0 Å². The molecule has 19 heavy (non-hydrogen) atoms. The Labute approximate surface area is 115 Å². The highest BCUT2D eigenvalue weighted by Gasteiger charge is 2.24. The molecule has 1 heterocycles. The Bertz CT molecular complexity index is 445. The van der Waals surface area contributed by atoms with Gasteiger partial charge in [-0.05, 0) is 45.5 Å². The van der Waals surface area contributed by atoms with Gasteiger partial charge in [-0.2, -0.15) is 0 Å². The van der Waals surface area contributed by atoms with Crippen LogP contribution in [0.25, 0.3) is 0 Å². The van der Waals surface area contributed by atoms with E-state index in [-0.39, 0.29) is 18.0 Å². The topological polar surface area (TPSA) is 44.4 Å². The summed E-state index contributed by atoms with van der Waals surface area (Å²) in [6.07, 6.45) is 1.82. The highest BCUT2D eigenvalue weighted by atomic mass is 16.2. The lowest BCUT2D eigenvalue weighted by Gasteiger charge is -2.28. The van der Waals surface area contributed by atoms with E-state index in [1.807, 2.05) is 39.2 Å². The van der Waals surface area contributed by atoms with Crippen molar-refractivity contribution < 1.29 is 4.79 Å². The molecule has 0 fully saturated rings. The summed E-state index contributed by atoms with van der Waals surface area (Å²) in [5.41, 5.74) is 2.39. The Hall–Kier alpha value is -1.55. The number of nitrogens with zero attached hydrogens (tertiary/aromatic N) is 1. The number of benzene rings is 1. The zero-order valence-electron chi connectivity index (χ0n) is 11.9. The van der Waals surface area contributed by atoms with Gasteiger partial charge in [-0.1, -0.05) is 18.2 Å². The van der Waals surface area contributed by atoms with Gasteiger partial charge in [-0.15, -0.1) is 0 Å². The van der Waals surface area contributed by atoms with Crippen LogP contribution in [0.15, 0.2) is 24.3 Å². The van der Waals surface area contributed by atoms with Crippen LogP contribution in [-0.2, 0) is 11.2 Å². The number of likely N-dealkylation sites (N-methyl/N-ethyl adjacent to an activating group) is 1. The van der Waals surface area contributed by atoms with E-state index in [1.165, 1.54) is 5.56 Å². The fourth-order valence-electron chi connectivity index (χ4n) is 2.57. The summed E-state index contributed by atoms with van der Waals surface area (Å²) >= 11 is 0. The van der Waals surface area contributed by atoms with Crippen molar-refractivity contribution in [3.63, 3.8) is 0 Å². The number of carbonyl (C=O) groups is 1. The van der Waals surface area contributed by atoms with Crippen molar-refractivity contribution in [1.82, 2.24) is 10.2 Å². The number of amides is 1. The van der Waals surface area contributed by atoms with E-state index < -0.39 is 0 Å². The third-order valence-electron chi connectivity index (χ3n) is 3.39. The Kier molecular flexibility index (Phi) is 4.43. The van der Waals surface area contributed by atoms with E-state index in [1.54, 1.807) is 0 Å². The van der Waals surface area contributed by atoms with Gasteiger partial charge in [0.2, 0.25) is 5.91 Å². The average Bonchev–Trinajstić information content (AvgIpc) is 2.37. The second-order valence-electron chi connectivity index (χ2n) is 5.56. The Balaban J connectivity index is 1.92. The molecule has 2 atom stereocenters. The molecule has 1 aromatic carbocycles. The first-order valence-corrected chi connectivity index (χ1v) is 6.86. The van der Waals surface area contributed by atoms with Crippen LogP contribution in [0.4, 0.5) is 5.69 Å². The number of nitrogens with one attached hydrogen (secondary N) is 2. The summed E-state index contributed by atoms with van der Waals surface area (Å²) < 4.78 is 0. The normalized spacial score (nSPS) is 19.5. The van der Waals surface area contributed by atoms with Crippen molar-refractivity contribution in [2.24, 2.45) is 0 Å². The van der Waals surface area contributed by atoms with Gasteiger partial charge in [-0.25, -0.2) is 0 Å². The predicted octanol–water partition coefficient (Wildman–Crippen LogP) is 1.48. The first-order valence-electron chi connectivity index (χ1n) is 6.86. The Morgan fingerprint density at radius 3 is 2.95 bits per heavy atom. The molecule has 4 nitrogen and oxygen atoms in total. The van der Waals surface area contributed by atoms with Crippen molar-refractivity contribution in [3.05, 3.63) is 29.8 Å². The molecule has 4 heteroatoms.